The highest BCUT2D eigenvalue weighted by molar-refractivity contribution is 6.30. The maximum atomic E-state index is 12.7. The van der Waals surface area contributed by atoms with E-state index in [9.17, 15) is 14.7 Å². The van der Waals surface area contributed by atoms with Gasteiger partial charge in [0.2, 0.25) is 5.91 Å². The van der Waals surface area contributed by atoms with Crippen LogP contribution in [0.2, 0.25) is 5.02 Å². The summed E-state index contributed by atoms with van der Waals surface area (Å²) in [7, 11) is 0. The highest BCUT2D eigenvalue weighted by Gasteiger charge is 2.37. The third kappa shape index (κ3) is 2.89. The fraction of sp³-hybridized carbons (Fsp3) is 0.467. The van der Waals surface area contributed by atoms with Crippen LogP contribution < -0.4 is 4.74 Å². The first-order valence-corrected chi connectivity index (χ1v) is 7.46. The van der Waals surface area contributed by atoms with Crippen molar-refractivity contribution in [1.29, 1.82) is 0 Å². The number of carboxylic acids is 1. The second kappa shape index (κ2) is 6.14. The first-order valence-electron chi connectivity index (χ1n) is 7.08. The van der Waals surface area contributed by atoms with Crippen LogP contribution in [0, 0.1) is 5.92 Å². The number of carboxylic acid groups (broad SMARTS) is 1. The lowest BCUT2D eigenvalue weighted by Crippen LogP contribution is -2.55. The fourth-order valence-corrected chi connectivity index (χ4v) is 3.02. The maximum Gasteiger partial charge on any atom is 0.328 e. The predicted octanol–water partition coefficient (Wildman–Crippen LogP) is 1.20. The molecule has 1 amide bonds. The van der Waals surface area contributed by atoms with Crippen molar-refractivity contribution in [2.24, 2.45) is 5.92 Å². The predicted molar refractivity (Wildman–Crippen MR) is 78.1 cm³/mol. The molecule has 0 aromatic heterocycles. The summed E-state index contributed by atoms with van der Waals surface area (Å²) >= 11 is 5.97. The molecule has 0 bridgehead atoms. The lowest BCUT2D eigenvalue weighted by Gasteiger charge is -2.36. The smallest absolute Gasteiger partial charge is 0.328 e. The largest absolute Gasteiger partial charge is 0.492 e. The minimum absolute atomic E-state index is 0.0249. The Morgan fingerprint density at radius 3 is 2.91 bits per heavy atom. The van der Waals surface area contributed by atoms with Crippen LogP contribution in [0.3, 0.4) is 0 Å². The summed E-state index contributed by atoms with van der Waals surface area (Å²) in [6.45, 7) is 0.911. The molecule has 2 unspecified atom stereocenters. The lowest BCUT2D eigenvalue weighted by atomic mass is 9.95. The van der Waals surface area contributed by atoms with E-state index in [2.05, 4.69) is 0 Å². The Morgan fingerprint density at radius 2 is 2.14 bits per heavy atom. The van der Waals surface area contributed by atoms with Crippen molar-refractivity contribution in [3.8, 4) is 5.75 Å². The van der Waals surface area contributed by atoms with Gasteiger partial charge in [0, 0.05) is 11.6 Å². The van der Waals surface area contributed by atoms with E-state index in [0.29, 0.717) is 18.1 Å². The van der Waals surface area contributed by atoms with Gasteiger partial charge in [0.1, 0.15) is 12.4 Å². The van der Waals surface area contributed by atoms with Crippen LogP contribution in [0.15, 0.2) is 18.2 Å². The summed E-state index contributed by atoms with van der Waals surface area (Å²) in [6.07, 6.45) is 0.498. The molecule has 6 nitrogen and oxygen atoms in total. The van der Waals surface area contributed by atoms with E-state index in [4.69, 9.17) is 21.1 Å². The van der Waals surface area contributed by atoms with Crippen molar-refractivity contribution in [3.63, 3.8) is 0 Å². The molecule has 1 saturated heterocycles. The quantitative estimate of drug-likeness (QED) is 0.884. The van der Waals surface area contributed by atoms with Crippen molar-refractivity contribution < 1.29 is 24.2 Å². The molecule has 7 heteroatoms. The maximum absolute atomic E-state index is 12.7. The lowest BCUT2D eigenvalue weighted by molar-refractivity contribution is -0.161. The third-order valence-electron chi connectivity index (χ3n) is 3.97. The molecule has 2 heterocycles. The molecule has 1 fully saturated rings. The minimum atomic E-state index is -1.05. The van der Waals surface area contributed by atoms with Crippen LogP contribution in [-0.4, -0.2) is 54.3 Å². The Balaban J connectivity index is 1.76. The van der Waals surface area contributed by atoms with E-state index in [1.54, 1.807) is 18.2 Å². The molecule has 2 aliphatic rings. The van der Waals surface area contributed by atoms with Crippen molar-refractivity contribution in [2.45, 2.75) is 12.5 Å². The van der Waals surface area contributed by atoms with Gasteiger partial charge in [-0.15, -0.1) is 0 Å². The number of aliphatic carboxylic acids is 1. The van der Waals surface area contributed by atoms with Gasteiger partial charge in [-0.25, -0.2) is 4.79 Å². The number of hydrogen-bond acceptors (Lipinski definition) is 4. The number of ether oxygens (including phenoxy) is 2. The van der Waals surface area contributed by atoms with Crippen molar-refractivity contribution in [1.82, 2.24) is 4.90 Å². The van der Waals surface area contributed by atoms with Gasteiger partial charge in [-0.3, -0.25) is 4.79 Å². The van der Waals surface area contributed by atoms with Gasteiger partial charge in [0.25, 0.3) is 0 Å². The molecule has 118 valence electrons. The second-order valence-electron chi connectivity index (χ2n) is 5.42. The van der Waals surface area contributed by atoms with Crippen LogP contribution in [0.1, 0.15) is 5.56 Å². The number of morpholine rings is 1. The summed E-state index contributed by atoms with van der Waals surface area (Å²) in [5.41, 5.74) is 0.872. The number of nitrogens with zero attached hydrogens (tertiary/aromatic N) is 1. The first kappa shape index (κ1) is 15.1. The van der Waals surface area contributed by atoms with Crippen LogP contribution in [0.4, 0.5) is 0 Å². The number of rotatable bonds is 2. The first-order chi connectivity index (χ1) is 10.6. The molecular formula is C15H16ClNO5. The number of carbonyl (C=O) groups excluding carboxylic acids is 1. The monoisotopic (exact) mass is 325 g/mol. The molecule has 0 radical (unpaired) electrons. The Hall–Kier alpha value is -1.79. The average molecular weight is 326 g/mol. The summed E-state index contributed by atoms with van der Waals surface area (Å²) in [6, 6.07) is 4.38. The number of fused-ring (bicyclic) bond motifs is 1. The van der Waals surface area contributed by atoms with E-state index in [0.717, 1.165) is 11.3 Å². The molecule has 1 aromatic carbocycles. The molecule has 2 aliphatic heterocycles. The third-order valence-corrected chi connectivity index (χ3v) is 4.21. The molecule has 1 N–H and O–H groups in total. The van der Waals surface area contributed by atoms with Crippen LogP contribution in [0.25, 0.3) is 0 Å². The Bertz CT molecular complexity index is 606. The highest BCUT2D eigenvalue weighted by Crippen LogP contribution is 2.31. The number of amides is 1. The van der Waals surface area contributed by atoms with E-state index in [-0.39, 0.29) is 25.7 Å². The van der Waals surface area contributed by atoms with Gasteiger partial charge >= 0.3 is 5.97 Å². The molecule has 0 saturated carbocycles. The standard InChI is InChI=1S/C15H16ClNO5/c16-11-1-2-13-9(6-11)5-10(7-22-13)14(18)17-3-4-21-8-12(17)15(19)20/h1-2,6,10,12H,3-5,7-8H2,(H,19,20). The van der Waals surface area contributed by atoms with Crippen molar-refractivity contribution >= 4 is 23.5 Å². The minimum Gasteiger partial charge on any atom is -0.492 e. The number of benzene rings is 1. The van der Waals surface area contributed by atoms with Crippen LogP contribution in [-0.2, 0) is 20.7 Å². The SMILES string of the molecule is O=C(O)C1COCCN1C(=O)C1COc2ccc(Cl)cc2C1. The summed E-state index contributed by atoms with van der Waals surface area (Å²) in [4.78, 5) is 25.3. The van der Waals surface area contributed by atoms with Gasteiger partial charge < -0.3 is 19.5 Å². The van der Waals surface area contributed by atoms with Gasteiger partial charge in [0.05, 0.1) is 19.1 Å². The van der Waals surface area contributed by atoms with Crippen molar-refractivity contribution in [3.05, 3.63) is 28.8 Å². The van der Waals surface area contributed by atoms with Gasteiger partial charge in [-0.2, -0.15) is 0 Å². The van der Waals surface area contributed by atoms with Crippen LogP contribution >= 0.6 is 11.6 Å². The second-order valence-corrected chi connectivity index (χ2v) is 5.86. The molecule has 3 rings (SSSR count). The van der Waals surface area contributed by atoms with E-state index in [1.807, 2.05) is 0 Å². The van der Waals surface area contributed by atoms with E-state index < -0.39 is 17.9 Å². The van der Waals surface area contributed by atoms with E-state index >= 15 is 0 Å². The van der Waals surface area contributed by atoms with Crippen LogP contribution in [0.5, 0.6) is 5.75 Å². The van der Waals surface area contributed by atoms with E-state index in [1.165, 1.54) is 4.90 Å². The van der Waals surface area contributed by atoms with Crippen molar-refractivity contribution in [2.75, 3.05) is 26.4 Å². The molecule has 1 aromatic rings. The Labute approximate surface area is 132 Å². The molecule has 22 heavy (non-hydrogen) atoms. The summed E-state index contributed by atoms with van der Waals surface area (Å²) < 4.78 is 10.8. The fourth-order valence-electron chi connectivity index (χ4n) is 2.83. The zero-order valence-electron chi connectivity index (χ0n) is 11.8. The highest BCUT2D eigenvalue weighted by atomic mass is 35.5. The number of hydrogen-bond donors (Lipinski definition) is 1. The van der Waals surface area contributed by atoms with Gasteiger partial charge in [0.15, 0.2) is 6.04 Å². The number of carbonyl (C=O) groups is 2. The topological polar surface area (TPSA) is 76.1 Å². The molecule has 0 aliphatic carbocycles. The summed E-state index contributed by atoms with van der Waals surface area (Å²) in [5, 5.41) is 9.82. The Morgan fingerprint density at radius 1 is 1.32 bits per heavy atom. The Kier molecular flexibility index (Phi) is 4.22. The normalized spacial score (nSPS) is 24.3. The summed E-state index contributed by atoms with van der Waals surface area (Å²) in [5.74, 6) is -0.925. The molecule has 0 spiro atoms. The van der Waals surface area contributed by atoms with Gasteiger partial charge in [-0.1, -0.05) is 11.6 Å². The average Bonchev–Trinajstić information content (AvgIpc) is 2.53. The zero-order chi connectivity index (χ0) is 15.7. The number of halogens is 1. The van der Waals surface area contributed by atoms with Gasteiger partial charge in [-0.05, 0) is 30.2 Å². The zero-order valence-corrected chi connectivity index (χ0v) is 12.6. The molecular weight excluding hydrogens is 310 g/mol. The molecule has 2 atom stereocenters.